The summed E-state index contributed by atoms with van der Waals surface area (Å²) in [6.07, 6.45) is -2.19. The molecule has 0 aliphatic heterocycles. The number of halogens is 3. The van der Waals surface area contributed by atoms with Crippen LogP contribution in [0.4, 0.5) is 18.9 Å². The molecule has 0 saturated heterocycles. The van der Waals surface area contributed by atoms with Gasteiger partial charge in [-0.2, -0.15) is 13.2 Å². The first kappa shape index (κ1) is 23.7. The minimum Gasteiger partial charge on any atom is -0.497 e. The molecule has 2 aromatic carbocycles. The van der Waals surface area contributed by atoms with Gasteiger partial charge in [0.05, 0.1) is 24.9 Å². The summed E-state index contributed by atoms with van der Waals surface area (Å²) in [5.41, 5.74) is -2.79. The van der Waals surface area contributed by atoms with E-state index in [4.69, 9.17) is 4.74 Å². The van der Waals surface area contributed by atoms with E-state index in [0.717, 1.165) is 21.3 Å². The Kier molecular flexibility index (Phi) is 6.36. The van der Waals surface area contributed by atoms with E-state index in [-0.39, 0.29) is 17.7 Å². The second kappa shape index (κ2) is 9.41. The highest BCUT2D eigenvalue weighted by Crippen LogP contribution is 2.34. The van der Waals surface area contributed by atoms with Crippen LogP contribution in [0.1, 0.15) is 11.1 Å². The summed E-state index contributed by atoms with van der Waals surface area (Å²) in [4.78, 5) is 46.9. The number of nitrogens with zero attached hydrogens (tertiary/aromatic N) is 4. The van der Waals surface area contributed by atoms with Crippen LogP contribution in [0.15, 0.2) is 70.5 Å². The topological polar surface area (TPSA) is 108 Å². The van der Waals surface area contributed by atoms with Crippen LogP contribution >= 0.6 is 0 Å². The molecular weight excluding hydrogens is 467 g/mol. The maximum Gasteiger partial charge on any atom is 0.418 e. The molecule has 0 bridgehead atoms. The molecule has 12 heteroatoms. The minimum atomic E-state index is -4.69. The summed E-state index contributed by atoms with van der Waals surface area (Å²) in [6, 6.07) is 11.1. The molecule has 0 aliphatic rings. The van der Waals surface area contributed by atoms with Crippen LogP contribution < -0.4 is 21.3 Å². The highest BCUT2D eigenvalue weighted by Gasteiger charge is 2.33. The van der Waals surface area contributed by atoms with Crippen LogP contribution in [-0.4, -0.2) is 32.1 Å². The molecule has 35 heavy (non-hydrogen) atoms. The van der Waals surface area contributed by atoms with Gasteiger partial charge in [0.1, 0.15) is 12.3 Å². The maximum absolute atomic E-state index is 13.3. The van der Waals surface area contributed by atoms with Gasteiger partial charge in [0.2, 0.25) is 5.91 Å². The third kappa shape index (κ3) is 4.90. The number of hydrogen-bond acceptors (Lipinski definition) is 6. The number of anilines is 1. The summed E-state index contributed by atoms with van der Waals surface area (Å²) >= 11 is 0. The number of alkyl halides is 3. The fourth-order valence-corrected chi connectivity index (χ4v) is 3.50. The van der Waals surface area contributed by atoms with Crippen molar-refractivity contribution in [3.63, 3.8) is 0 Å². The quantitative estimate of drug-likeness (QED) is 0.450. The first-order valence-corrected chi connectivity index (χ1v) is 10.2. The number of hydrogen-bond donors (Lipinski definition) is 1. The Hall–Kier alpha value is -4.48. The van der Waals surface area contributed by atoms with Crippen LogP contribution in [0.5, 0.6) is 5.75 Å². The van der Waals surface area contributed by atoms with Gasteiger partial charge in [-0.1, -0.05) is 24.3 Å². The van der Waals surface area contributed by atoms with Gasteiger partial charge < -0.3 is 10.1 Å². The van der Waals surface area contributed by atoms with E-state index in [1.54, 1.807) is 24.3 Å². The van der Waals surface area contributed by atoms with Gasteiger partial charge in [-0.15, -0.1) is 0 Å². The van der Waals surface area contributed by atoms with Crippen LogP contribution in [0, 0.1) is 0 Å². The third-order valence-corrected chi connectivity index (χ3v) is 5.15. The molecule has 1 N–H and O–H groups in total. The summed E-state index contributed by atoms with van der Waals surface area (Å²) in [6.45, 7) is -0.824. The maximum atomic E-state index is 13.3. The average molecular weight is 485 g/mol. The molecule has 2 aromatic heterocycles. The summed E-state index contributed by atoms with van der Waals surface area (Å²) in [7, 11) is 1.50. The Bertz CT molecular complexity index is 1510. The van der Waals surface area contributed by atoms with E-state index >= 15 is 0 Å². The number of amides is 1. The zero-order valence-electron chi connectivity index (χ0n) is 18.2. The molecule has 9 nitrogen and oxygen atoms in total. The molecule has 0 radical (unpaired) electrons. The Balaban J connectivity index is 1.73. The van der Waals surface area contributed by atoms with E-state index in [0.29, 0.717) is 11.3 Å². The standard InChI is InChI=1S/C23H18F3N5O4/c1-35-15-8-6-14(7-9-15)12-31-21(33)19-20(28-11-10-27-19)30(22(31)34)13-18(32)29-17-5-3-2-4-16(17)23(24,25)26/h2-11H,12-13H2,1H3,(H,29,32). The summed E-state index contributed by atoms with van der Waals surface area (Å²) in [5, 5.41) is 2.19. The number of carbonyl (C=O) groups is 1. The molecular formula is C23H18F3N5O4. The predicted octanol–water partition coefficient (Wildman–Crippen LogP) is 2.67. The zero-order chi connectivity index (χ0) is 25.2. The molecule has 4 rings (SSSR count). The van der Waals surface area contributed by atoms with Crippen LogP contribution in [0.25, 0.3) is 11.2 Å². The SMILES string of the molecule is COc1ccc(Cn2c(=O)c3nccnc3n(CC(=O)Nc3ccccc3C(F)(F)F)c2=O)cc1. The van der Waals surface area contributed by atoms with Crippen LogP contribution in [0.2, 0.25) is 0 Å². The lowest BCUT2D eigenvalue weighted by Crippen LogP contribution is -2.42. The van der Waals surface area contributed by atoms with Crippen molar-refractivity contribution < 1.29 is 22.7 Å². The largest absolute Gasteiger partial charge is 0.497 e. The number of rotatable bonds is 6. The fourth-order valence-electron chi connectivity index (χ4n) is 3.50. The van der Waals surface area contributed by atoms with Crippen molar-refractivity contribution >= 4 is 22.8 Å². The van der Waals surface area contributed by atoms with E-state index in [1.165, 1.54) is 31.6 Å². The monoisotopic (exact) mass is 485 g/mol. The minimum absolute atomic E-state index is 0.132. The third-order valence-electron chi connectivity index (χ3n) is 5.15. The first-order valence-electron chi connectivity index (χ1n) is 10.2. The van der Waals surface area contributed by atoms with Gasteiger partial charge in [0.25, 0.3) is 5.56 Å². The molecule has 1 amide bonds. The van der Waals surface area contributed by atoms with Crippen LogP contribution in [-0.2, 0) is 24.1 Å². The number of nitrogens with one attached hydrogen (secondary N) is 1. The molecule has 0 spiro atoms. The number of ether oxygens (including phenoxy) is 1. The Morgan fingerprint density at radius 3 is 2.37 bits per heavy atom. The number of para-hydroxylation sites is 1. The molecule has 2 heterocycles. The summed E-state index contributed by atoms with van der Waals surface area (Å²) in [5.74, 6) is -0.330. The second-order valence-corrected chi connectivity index (χ2v) is 7.43. The van der Waals surface area contributed by atoms with Gasteiger partial charge in [-0.25, -0.2) is 14.8 Å². The highest BCUT2D eigenvalue weighted by atomic mass is 19.4. The fraction of sp³-hybridized carbons (Fsp3) is 0.174. The van der Waals surface area contributed by atoms with Crippen molar-refractivity contribution in [2.45, 2.75) is 19.3 Å². The van der Waals surface area contributed by atoms with Crippen molar-refractivity contribution in [1.29, 1.82) is 0 Å². The Morgan fingerprint density at radius 1 is 1.00 bits per heavy atom. The van der Waals surface area contributed by atoms with E-state index in [1.807, 2.05) is 0 Å². The molecule has 0 unspecified atom stereocenters. The number of aromatic nitrogens is 4. The van der Waals surface area contributed by atoms with Gasteiger partial charge in [-0.05, 0) is 29.8 Å². The second-order valence-electron chi connectivity index (χ2n) is 7.43. The smallest absolute Gasteiger partial charge is 0.418 e. The lowest BCUT2D eigenvalue weighted by Gasteiger charge is -2.15. The number of methoxy groups -OCH3 is 1. The van der Waals surface area contributed by atoms with Crippen molar-refractivity contribution in [1.82, 2.24) is 19.1 Å². The van der Waals surface area contributed by atoms with Gasteiger partial charge >= 0.3 is 11.9 Å². The zero-order valence-corrected chi connectivity index (χ0v) is 18.2. The molecule has 0 fully saturated rings. The van der Waals surface area contributed by atoms with Crippen LogP contribution in [0.3, 0.4) is 0 Å². The van der Waals surface area contributed by atoms with E-state index in [9.17, 15) is 27.6 Å². The molecule has 0 saturated carbocycles. The molecule has 180 valence electrons. The van der Waals surface area contributed by atoms with E-state index in [2.05, 4.69) is 15.3 Å². The lowest BCUT2D eigenvalue weighted by molar-refractivity contribution is -0.137. The van der Waals surface area contributed by atoms with Gasteiger partial charge in [0, 0.05) is 12.4 Å². The normalized spacial score (nSPS) is 11.4. The van der Waals surface area contributed by atoms with Gasteiger partial charge in [0.15, 0.2) is 11.2 Å². The predicted molar refractivity (Wildman–Crippen MR) is 120 cm³/mol. The van der Waals surface area contributed by atoms with Crippen molar-refractivity contribution in [2.24, 2.45) is 0 Å². The summed E-state index contributed by atoms with van der Waals surface area (Å²) < 4.78 is 46.7. The number of fused-ring (bicyclic) bond motifs is 1. The molecule has 0 aliphatic carbocycles. The Morgan fingerprint density at radius 2 is 1.69 bits per heavy atom. The van der Waals surface area contributed by atoms with Gasteiger partial charge in [-0.3, -0.25) is 18.7 Å². The lowest BCUT2D eigenvalue weighted by atomic mass is 10.1. The molecule has 0 atom stereocenters. The van der Waals surface area contributed by atoms with Crippen molar-refractivity contribution in [2.75, 3.05) is 12.4 Å². The van der Waals surface area contributed by atoms with E-state index < -0.39 is 41.1 Å². The first-order chi connectivity index (χ1) is 16.7. The number of benzene rings is 2. The average Bonchev–Trinajstić information content (AvgIpc) is 2.84. The molecule has 4 aromatic rings. The highest BCUT2D eigenvalue weighted by molar-refractivity contribution is 5.92. The Labute approximate surface area is 195 Å². The van der Waals surface area contributed by atoms with Crippen molar-refractivity contribution in [3.05, 3.63) is 92.9 Å². The van der Waals surface area contributed by atoms with Crippen molar-refractivity contribution in [3.8, 4) is 5.75 Å². The number of carbonyl (C=O) groups excluding carboxylic acids is 1.